The molecule has 7 heteroatoms. The Balaban J connectivity index is 1.65. The zero-order valence-electron chi connectivity index (χ0n) is 16.4. The molecule has 4 nitrogen and oxygen atoms in total. The number of hydrogen-bond donors (Lipinski definition) is 0. The second kappa shape index (κ2) is 8.26. The van der Waals surface area contributed by atoms with E-state index in [1.165, 1.54) is 17.0 Å². The van der Waals surface area contributed by atoms with Gasteiger partial charge in [-0.1, -0.05) is 12.1 Å². The van der Waals surface area contributed by atoms with Gasteiger partial charge < -0.3 is 4.90 Å². The summed E-state index contributed by atoms with van der Waals surface area (Å²) in [7, 11) is 0. The zero-order valence-corrected chi connectivity index (χ0v) is 16.4. The van der Waals surface area contributed by atoms with E-state index in [1.54, 1.807) is 25.3 Å². The number of carbonyl (C=O) groups excluding carboxylic acids is 1. The molecule has 1 atom stereocenters. The van der Waals surface area contributed by atoms with E-state index >= 15 is 0 Å². The van der Waals surface area contributed by atoms with Gasteiger partial charge in [0, 0.05) is 30.8 Å². The van der Waals surface area contributed by atoms with Crippen LogP contribution in [-0.4, -0.2) is 33.9 Å². The summed E-state index contributed by atoms with van der Waals surface area (Å²) in [5.74, 6) is -1.77. The van der Waals surface area contributed by atoms with E-state index in [2.05, 4.69) is 9.97 Å². The predicted octanol–water partition coefficient (Wildman–Crippen LogP) is 4.89. The molecule has 0 spiro atoms. The lowest BCUT2D eigenvalue weighted by atomic mass is 9.89. The first-order valence-electron chi connectivity index (χ1n) is 9.76. The van der Waals surface area contributed by atoms with Crippen LogP contribution in [0.2, 0.25) is 0 Å². The number of nitrogens with zero attached hydrogens (tertiary/aromatic N) is 3. The largest absolute Gasteiger partial charge is 0.338 e. The van der Waals surface area contributed by atoms with Crippen LogP contribution in [0.3, 0.4) is 0 Å². The predicted molar refractivity (Wildman–Crippen MR) is 106 cm³/mol. The maximum Gasteiger partial charge on any atom is 0.256 e. The van der Waals surface area contributed by atoms with E-state index < -0.39 is 17.5 Å². The lowest BCUT2D eigenvalue weighted by Crippen LogP contribution is -2.40. The summed E-state index contributed by atoms with van der Waals surface area (Å²) in [5, 5.41) is 0. The summed E-state index contributed by atoms with van der Waals surface area (Å²) in [4.78, 5) is 23.3. The fourth-order valence-electron chi connectivity index (χ4n) is 3.87. The molecule has 1 fully saturated rings. The Bertz CT molecular complexity index is 1090. The molecule has 4 rings (SSSR count). The minimum atomic E-state index is -0.742. The lowest BCUT2D eigenvalue weighted by molar-refractivity contribution is 0.0700. The molecule has 2 heterocycles. The third kappa shape index (κ3) is 4.06. The Morgan fingerprint density at radius 2 is 1.80 bits per heavy atom. The van der Waals surface area contributed by atoms with Gasteiger partial charge >= 0.3 is 0 Å². The van der Waals surface area contributed by atoms with Crippen molar-refractivity contribution in [3.63, 3.8) is 0 Å². The molecule has 0 N–H and O–H groups in total. The quantitative estimate of drug-likeness (QED) is 0.617. The summed E-state index contributed by atoms with van der Waals surface area (Å²) >= 11 is 0. The highest BCUT2D eigenvalue weighted by atomic mass is 19.1. The summed E-state index contributed by atoms with van der Waals surface area (Å²) in [6, 6.07) is 8.97. The maximum absolute atomic E-state index is 14.1. The van der Waals surface area contributed by atoms with E-state index in [4.69, 9.17) is 0 Å². The molecule has 1 aliphatic rings. The summed E-state index contributed by atoms with van der Waals surface area (Å²) in [6.45, 7) is 2.58. The van der Waals surface area contributed by atoms with Crippen molar-refractivity contribution in [3.05, 3.63) is 83.2 Å². The second-order valence-electron chi connectivity index (χ2n) is 7.44. The number of piperidine rings is 1. The molecule has 0 bridgehead atoms. The summed E-state index contributed by atoms with van der Waals surface area (Å²) in [6.07, 6.45) is 3.21. The fraction of sp³-hybridized carbons (Fsp3) is 0.261. The number of halogens is 3. The van der Waals surface area contributed by atoms with Crippen LogP contribution in [-0.2, 0) is 0 Å². The molecule has 1 amide bonds. The van der Waals surface area contributed by atoms with Gasteiger partial charge in [0.2, 0.25) is 0 Å². The molecule has 0 radical (unpaired) electrons. The Morgan fingerprint density at radius 3 is 2.57 bits per heavy atom. The van der Waals surface area contributed by atoms with Crippen LogP contribution < -0.4 is 0 Å². The van der Waals surface area contributed by atoms with Gasteiger partial charge in [0.1, 0.15) is 23.3 Å². The lowest BCUT2D eigenvalue weighted by Gasteiger charge is -2.33. The minimum absolute atomic E-state index is 0.0962. The minimum Gasteiger partial charge on any atom is -0.338 e. The highest BCUT2D eigenvalue weighted by Crippen LogP contribution is 2.33. The first kappa shape index (κ1) is 20.1. The van der Waals surface area contributed by atoms with Crippen LogP contribution in [0.1, 0.15) is 40.6 Å². The SMILES string of the molecule is Cc1ncc(-c2ccc(F)cc2)c([C@H]2CCCN(C(=O)c3cc(F)ccc3F)C2)n1. The molecule has 154 valence electrons. The third-order valence-electron chi connectivity index (χ3n) is 5.35. The first-order valence-corrected chi connectivity index (χ1v) is 9.76. The normalized spacial score (nSPS) is 16.5. The van der Waals surface area contributed by atoms with Crippen LogP contribution in [0.15, 0.2) is 48.7 Å². The smallest absolute Gasteiger partial charge is 0.256 e. The van der Waals surface area contributed by atoms with Crippen molar-refractivity contribution >= 4 is 5.91 Å². The van der Waals surface area contributed by atoms with Crippen molar-refractivity contribution in [2.45, 2.75) is 25.7 Å². The van der Waals surface area contributed by atoms with Gasteiger partial charge in [0.05, 0.1) is 11.3 Å². The van der Waals surface area contributed by atoms with Crippen molar-refractivity contribution < 1.29 is 18.0 Å². The summed E-state index contributed by atoms with van der Waals surface area (Å²) in [5.41, 5.74) is 2.06. The van der Waals surface area contributed by atoms with Gasteiger partial charge in [-0.15, -0.1) is 0 Å². The zero-order chi connectivity index (χ0) is 21.3. The van der Waals surface area contributed by atoms with Crippen molar-refractivity contribution in [2.75, 3.05) is 13.1 Å². The average molecular weight is 411 g/mol. The number of likely N-dealkylation sites (tertiary alicyclic amines) is 1. The number of amides is 1. The van der Waals surface area contributed by atoms with E-state index in [-0.39, 0.29) is 17.3 Å². The fourth-order valence-corrected chi connectivity index (χ4v) is 3.87. The van der Waals surface area contributed by atoms with E-state index in [0.29, 0.717) is 25.3 Å². The number of carbonyl (C=O) groups is 1. The monoisotopic (exact) mass is 411 g/mol. The summed E-state index contributed by atoms with van der Waals surface area (Å²) < 4.78 is 41.0. The Labute approximate surface area is 172 Å². The van der Waals surface area contributed by atoms with Crippen molar-refractivity contribution in [1.82, 2.24) is 14.9 Å². The number of aryl methyl sites for hydroxylation is 1. The molecular formula is C23H20F3N3O. The third-order valence-corrected chi connectivity index (χ3v) is 5.35. The first-order chi connectivity index (χ1) is 14.4. The molecule has 30 heavy (non-hydrogen) atoms. The van der Waals surface area contributed by atoms with Gasteiger partial charge in [0.15, 0.2) is 0 Å². The Morgan fingerprint density at radius 1 is 1.07 bits per heavy atom. The molecule has 1 aromatic heterocycles. The van der Waals surface area contributed by atoms with Gasteiger partial charge in [-0.25, -0.2) is 23.1 Å². The molecule has 0 aliphatic carbocycles. The van der Waals surface area contributed by atoms with Gasteiger partial charge in [-0.05, 0) is 55.7 Å². The number of aromatic nitrogens is 2. The molecule has 0 unspecified atom stereocenters. The molecule has 1 saturated heterocycles. The van der Waals surface area contributed by atoms with Crippen molar-refractivity contribution in [1.29, 1.82) is 0 Å². The van der Waals surface area contributed by atoms with Crippen LogP contribution in [0.4, 0.5) is 13.2 Å². The topological polar surface area (TPSA) is 46.1 Å². The van der Waals surface area contributed by atoms with Crippen LogP contribution in [0.5, 0.6) is 0 Å². The molecule has 0 saturated carbocycles. The van der Waals surface area contributed by atoms with Crippen molar-refractivity contribution in [3.8, 4) is 11.1 Å². The highest BCUT2D eigenvalue weighted by molar-refractivity contribution is 5.94. The van der Waals surface area contributed by atoms with E-state index in [9.17, 15) is 18.0 Å². The van der Waals surface area contributed by atoms with E-state index in [0.717, 1.165) is 41.4 Å². The van der Waals surface area contributed by atoms with Gasteiger partial charge in [-0.3, -0.25) is 4.79 Å². The molecular weight excluding hydrogens is 391 g/mol. The molecule has 2 aromatic carbocycles. The number of rotatable bonds is 3. The molecule has 1 aliphatic heterocycles. The number of hydrogen-bond acceptors (Lipinski definition) is 3. The van der Waals surface area contributed by atoms with Crippen LogP contribution in [0, 0.1) is 24.4 Å². The van der Waals surface area contributed by atoms with Crippen LogP contribution in [0.25, 0.3) is 11.1 Å². The highest BCUT2D eigenvalue weighted by Gasteiger charge is 2.29. The molecule has 3 aromatic rings. The number of benzene rings is 2. The average Bonchev–Trinajstić information content (AvgIpc) is 2.76. The van der Waals surface area contributed by atoms with E-state index in [1.807, 2.05) is 0 Å². The van der Waals surface area contributed by atoms with Gasteiger partial charge in [-0.2, -0.15) is 0 Å². The maximum atomic E-state index is 14.1. The second-order valence-corrected chi connectivity index (χ2v) is 7.44. The van der Waals surface area contributed by atoms with Crippen molar-refractivity contribution in [2.24, 2.45) is 0 Å². The standard InChI is InChI=1S/C23H20F3N3O/c1-14-27-12-20(15-4-6-17(24)7-5-15)22(28-14)16-3-2-10-29(13-16)23(30)19-11-18(25)8-9-21(19)26/h4-9,11-12,16H,2-3,10,13H2,1H3/t16-/m0/s1. The van der Waals surface area contributed by atoms with Gasteiger partial charge in [0.25, 0.3) is 5.91 Å². The van der Waals surface area contributed by atoms with Crippen LogP contribution >= 0.6 is 0 Å². The Hall–Kier alpha value is -3.22. The Kier molecular flexibility index (Phi) is 5.53.